The molecule has 0 spiro atoms. The Morgan fingerprint density at radius 2 is 1.94 bits per heavy atom. The fourth-order valence-corrected chi connectivity index (χ4v) is 2.84. The van der Waals surface area contributed by atoms with Gasteiger partial charge in [-0.15, -0.1) is 0 Å². The minimum Gasteiger partial charge on any atom is -0.329 e. The van der Waals surface area contributed by atoms with Gasteiger partial charge in [-0.1, -0.05) is 11.6 Å². The summed E-state index contributed by atoms with van der Waals surface area (Å²) in [5.41, 5.74) is 2.08. The number of benzene rings is 1. The van der Waals surface area contributed by atoms with Gasteiger partial charge in [0.05, 0.1) is 11.0 Å². The van der Waals surface area contributed by atoms with E-state index in [2.05, 4.69) is 26.6 Å². The summed E-state index contributed by atoms with van der Waals surface area (Å²) in [6.07, 6.45) is 0. The Labute approximate surface area is 116 Å². The van der Waals surface area contributed by atoms with Crippen molar-refractivity contribution < 1.29 is 0 Å². The molecule has 2 aromatic rings. The van der Waals surface area contributed by atoms with Gasteiger partial charge in [-0.2, -0.15) is 0 Å². The maximum Gasteiger partial charge on any atom is 0.197 e. The molecule has 0 bridgehead atoms. The Morgan fingerprint density at radius 3 is 2.67 bits per heavy atom. The van der Waals surface area contributed by atoms with Crippen molar-refractivity contribution in [1.29, 1.82) is 0 Å². The lowest BCUT2D eigenvalue weighted by atomic mass is 10.3. The molecule has 0 atom stereocenters. The van der Waals surface area contributed by atoms with Crippen molar-refractivity contribution in [2.45, 2.75) is 0 Å². The van der Waals surface area contributed by atoms with Crippen LogP contribution in [0.2, 0.25) is 5.02 Å². The van der Waals surface area contributed by atoms with E-state index in [4.69, 9.17) is 23.8 Å². The summed E-state index contributed by atoms with van der Waals surface area (Å²) in [5.74, 6) is 0. The number of halogens is 1. The second-order valence-corrected chi connectivity index (χ2v) is 5.48. The number of likely N-dealkylation sites (N-methyl/N-ethyl adjacent to an activating group) is 1. The molecule has 0 amide bonds. The smallest absolute Gasteiger partial charge is 0.197 e. The summed E-state index contributed by atoms with van der Waals surface area (Å²) >= 11 is 11.4. The quantitative estimate of drug-likeness (QED) is 0.813. The third kappa shape index (κ3) is 2.02. The summed E-state index contributed by atoms with van der Waals surface area (Å²) < 4.78 is 2.82. The van der Waals surface area contributed by atoms with Crippen LogP contribution in [0.3, 0.4) is 0 Å². The van der Waals surface area contributed by atoms with E-state index in [0.29, 0.717) is 0 Å². The first-order valence-corrected chi connectivity index (χ1v) is 6.78. The molecule has 0 saturated carbocycles. The molecule has 2 heterocycles. The topological polar surface area (TPSA) is 27.2 Å². The molecule has 1 fully saturated rings. The zero-order valence-corrected chi connectivity index (χ0v) is 11.8. The average molecular weight is 283 g/mol. The summed E-state index contributed by atoms with van der Waals surface area (Å²) in [6.45, 7) is 4.09. The van der Waals surface area contributed by atoms with E-state index in [1.165, 1.54) is 0 Å². The average Bonchev–Trinajstić information content (AvgIpc) is 2.65. The second-order valence-electron chi connectivity index (χ2n) is 4.66. The largest absolute Gasteiger partial charge is 0.329 e. The molecular formula is C12H15ClN4S. The number of nitrogens with zero attached hydrogens (tertiary/aromatic N) is 3. The van der Waals surface area contributed by atoms with E-state index in [-0.39, 0.29) is 0 Å². The van der Waals surface area contributed by atoms with Gasteiger partial charge in [0, 0.05) is 31.2 Å². The fourth-order valence-electron chi connectivity index (χ4n) is 2.35. The molecule has 0 radical (unpaired) electrons. The highest BCUT2D eigenvalue weighted by Crippen LogP contribution is 2.19. The van der Waals surface area contributed by atoms with Gasteiger partial charge < -0.3 is 14.9 Å². The Bertz CT molecular complexity index is 625. The number of nitrogens with one attached hydrogen (secondary N) is 1. The van der Waals surface area contributed by atoms with E-state index in [9.17, 15) is 0 Å². The van der Waals surface area contributed by atoms with Crippen molar-refractivity contribution in [1.82, 2.24) is 14.6 Å². The van der Waals surface area contributed by atoms with Crippen LogP contribution in [0.1, 0.15) is 0 Å². The van der Waals surface area contributed by atoms with E-state index >= 15 is 0 Å². The molecule has 1 aromatic carbocycles. The van der Waals surface area contributed by atoms with Crippen LogP contribution in [0.5, 0.6) is 0 Å². The van der Waals surface area contributed by atoms with Gasteiger partial charge >= 0.3 is 0 Å². The fraction of sp³-hybridized carbons (Fsp3) is 0.417. The molecule has 3 rings (SSSR count). The lowest BCUT2D eigenvalue weighted by molar-refractivity contribution is 0.288. The monoisotopic (exact) mass is 282 g/mol. The number of imidazole rings is 1. The summed E-state index contributed by atoms with van der Waals surface area (Å²) in [6, 6.07) is 5.83. The van der Waals surface area contributed by atoms with Crippen LogP contribution in [0.4, 0.5) is 0 Å². The van der Waals surface area contributed by atoms with Gasteiger partial charge in [0.15, 0.2) is 4.77 Å². The molecule has 1 aliphatic rings. The number of fused-ring (bicyclic) bond motifs is 1. The molecule has 4 nitrogen and oxygen atoms in total. The van der Waals surface area contributed by atoms with Crippen LogP contribution in [0, 0.1) is 4.77 Å². The number of aromatic amines is 1. The summed E-state index contributed by atoms with van der Waals surface area (Å²) in [7, 11) is 2.14. The summed E-state index contributed by atoms with van der Waals surface area (Å²) in [4.78, 5) is 5.54. The Hall–Kier alpha value is -1.04. The predicted molar refractivity (Wildman–Crippen MR) is 77.6 cm³/mol. The van der Waals surface area contributed by atoms with E-state index < -0.39 is 0 Å². The number of H-pyrrole nitrogens is 1. The molecule has 1 aliphatic heterocycles. The molecule has 6 heteroatoms. The van der Waals surface area contributed by atoms with Crippen LogP contribution < -0.4 is 5.01 Å². The lowest BCUT2D eigenvalue weighted by Crippen LogP contribution is -2.49. The Balaban J connectivity index is 2.06. The first-order valence-electron chi connectivity index (χ1n) is 5.99. The van der Waals surface area contributed by atoms with E-state index in [1.54, 1.807) is 0 Å². The van der Waals surface area contributed by atoms with Gasteiger partial charge in [0.1, 0.15) is 0 Å². The van der Waals surface area contributed by atoms with Crippen LogP contribution in [0.15, 0.2) is 18.2 Å². The number of aromatic nitrogens is 2. The van der Waals surface area contributed by atoms with E-state index in [0.717, 1.165) is 47.0 Å². The van der Waals surface area contributed by atoms with Crippen LogP contribution in [0.25, 0.3) is 11.0 Å². The highest BCUT2D eigenvalue weighted by molar-refractivity contribution is 7.71. The molecule has 96 valence electrons. The Kier molecular flexibility index (Phi) is 3.05. The first kappa shape index (κ1) is 12.0. The van der Waals surface area contributed by atoms with Gasteiger partial charge in [-0.25, -0.2) is 4.68 Å². The van der Waals surface area contributed by atoms with Crippen molar-refractivity contribution in [3.63, 3.8) is 0 Å². The van der Waals surface area contributed by atoms with Crippen molar-refractivity contribution in [2.75, 3.05) is 38.2 Å². The van der Waals surface area contributed by atoms with Crippen LogP contribution >= 0.6 is 23.8 Å². The van der Waals surface area contributed by atoms with Crippen molar-refractivity contribution >= 4 is 34.9 Å². The van der Waals surface area contributed by atoms with Crippen LogP contribution in [-0.4, -0.2) is 47.8 Å². The lowest BCUT2D eigenvalue weighted by Gasteiger charge is -2.34. The first-order chi connectivity index (χ1) is 8.65. The number of hydrogen-bond donors (Lipinski definition) is 1. The highest BCUT2D eigenvalue weighted by Gasteiger charge is 2.17. The standard InChI is InChI=1S/C12H15ClN4S/c1-15-4-6-16(7-5-15)17-11-3-2-9(13)8-10(11)14-12(17)18/h2-3,8H,4-7H2,1H3,(H,14,18). The van der Waals surface area contributed by atoms with Gasteiger partial charge in [0.25, 0.3) is 0 Å². The predicted octanol–water partition coefficient (Wildman–Crippen LogP) is 2.24. The molecule has 1 saturated heterocycles. The maximum absolute atomic E-state index is 6.00. The molecular weight excluding hydrogens is 268 g/mol. The molecule has 0 unspecified atom stereocenters. The van der Waals surface area contributed by atoms with Crippen molar-refractivity contribution in [3.8, 4) is 0 Å². The second kappa shape index (κ2) is 4.57. The Morgan fingerprint density at radius 1 is 1.22 bits per heavy atom. The SMILES string of the molecule is CN1CCN(n2c(=S)[nH]c3cc(Cl)ccc32)CC1. The van der Waals surface area contributed by atoms with Gasteiger partial charge in [-0.3, -0.25) is 0 Å². The van der Waals surface area contributed by atoms with Crippen molar-refractivity contribution in [2.24, 2.45) is 0 Å². The van der Waals surface area contributed by atoms with E-state index in [1.807, 2.05) is 18.2 Å². The minimum absolute atomic E-state index is 0.726. The molecule has 1 N–H and O–H groups in total. The number of piperazine rings is 1. The van der Waals surface area contributed by atoms with Gasteiger partial charge in [-0.05, 0) is 37.5 Å². The highest BCUT2D eigenvalue weighted by atomic mass is 35.5. The summed E-state index contributed by atoms with van der Waals surface area (Å²) in [5, 5.41) is 3.01. The number of hydrogen-bond acceptors (Lipinski definition) is 3. The maximum atomic E-state index is 6.00. The molecule has 1 aromatic heterocycles. The minimum atomic E-state index is 0.726. The zero-order chi connectivity index (χ0) is 12.7. The number of rotatable bonds is 1. The van der Waals surface area contributed by atoms with Gasteiger partial charge in [0.2, 0.25) is 0 Å². The third-order valence-corrected chi connectivity index (χ3v) is 3.89. The third-order valence-electron chi connectivity index (χ3n) is 3.38. The molecule has 0 aliphatic carbocycles. The van der Waals surface area contributed by atoms with Crippen molar-refractivity contribution in [3.05, 3.63) is 28.0 Å². The normalized spacial score (nSPS) is 17.6. The zero-order valence-electron chi connectivity index (χ0n) is 10.2. The van der Waals surface area contributed by atoms with Crippen LogP contribution in [-0.2, 0) is 0 Å². The molecule has 18 heavy (non-hydrogen) atoms.